The number of anilines is 2. The van der Waals surface area contributed by atoms with Crippen molar-refractivity contribution in [2.24, 2.45) is 0 Å². The van der Waals surface area contributed by atoms with E-state index in [1.165, 1.54) is 13.2 Å². The quantitative estimate of drug-likeness (QED) is 0.803. The van der Waals surface area contributed by atoms with E-state index in [0.717, 1.165) is 32.2 Å². The highest BCUT2D eigenvalue weighted by atomic mass is 19.1. The van der Waals surface area contributed by atoms with E-state index in [9.17, 15) is 4.39 Å². The highest BCUT2D eigenvalue weighted by molar-refractivity contribution is 5.64. The normalized spacial score (nSPS) is 18.9. The summed E-state index contributed by atoms with van der Waals surface area (Å²) < 4.78 is 19.2. The van der Waals surface area contributed by atoms with Gasteiger partial charge in [0.1, 0.15) is 11.6 Å². The van der Waals surface area contributed by atoms with Crippen LogP contribution < -0.4 is 15.4 Å². The van der Waals surface area contributed by atoms with E-state index in [1.807, 2.05) is 0 Å². The Kier molecular flexibility index (Phi) is 4.47. The van der Waals surface area contributed by atoms with Crippen LogP contribution in [0, 0.1) is 5.82 Å². The molecule has 1 fully saturated rings. The maximum atomic E-state index is 14.1. The number of rotatable bonds is 5. The molecule has 19 heavy (non-hydrogen) atoms. The van der Waals surface area contributed by atoms with Gasteiger partial charge in [0.2, 0.25) is 0 Å². The van der Waals surface area contributed by atoms with Gasteiger partial charge >= 0.3 is 0 Å². The summed E-state index contributed by atoms with van der Waals surface area (Å²) in [7, 11) is 1.53. The molecule has 0 aromatic heterocycles. The number of hydrogen-bond acceptors (Lipinski definition) is 4. The number of ether oxygens (including phenoxy) is 1. The second-order valence-corrected chi connectivity index (χ2v) is 4.90. The van der Waals surface area contributed by atoms with Gasteiger partial charge in [-0.3, -0.25) is 0 Å². The first-order valence-electron chi connectivity index (χ1n) is 6.68. The van der Waals surface area contributed by atoms with Gasteiger partial charge in [0, 0.05) is 31.3 Å². The van der Waals surface area contributed by atoms with Crippen LogP contribution in [-0.2, 0) is 0 Å². The van der Waals surface area contributed by atoms with Crippen molar-refractivity contribution in [3.63, 3.8) is 0 Å². The van der Waals surface area contributed by atoms with E-state index in [4.69, 9.17) is 15.6 Å². The molecule has 0 bridgehead atoms. The van der Waals surface area contributed by atoms with Crippen molar-refractivity contribution in [1.29, 1.82) is 0 Å². The number of halogens is 1. The van der Waals surface area contributed by atoms with Crippen LogP contribution in [0.25, 0.3) is 0 Å². The maximum Gasteiger partial charge on any atom is 0.148 e. The zero-order chi connectivity index (χ0) is 13.8. The van der Waals surface area contributed by atoms with E-state index in [1.54, 1.807) is 6.07 Å². The molecule has 2 rings (SSSR count). The third-order valence-electron chi connectivity index (χ3n) is 3.68. The smallest absolute Gasteiger partial charge is 0.148 e. The van der Waals surface area contributed by atoms with Crippen LogP contribution in [0.4, 0.5) is 15.8 Å². The lowest BCUT2D eigenvalue weighted by atomic mass is 10.1. The zero-order valence-electron chi connectivity index (χ0n) is 11.2. The third kappa shape index (κ3) is 2.92. The summed E-state index contributed by atoms with van der Waals surface area (Å²) in [6.45, 7) is 1.01. The molecule has 1 atom stereocenters. The molecule has 1 saturated heterocycles. The summed E-state index contributed by atoms with van der Waals surface area (Å²) in [5.74, 6) is 0.193. The van der Waals surface area contributed by atoms with Crippen molar-refractivity contribution in [3.05, 3.63) is 17.9 Å². The molecule has 106 valence electrons. The summed E-state index contributed by atoms with van der Waals surface area (Å²) in [5.41, 5.74) is 6.56. The molecule has 1 aromatic rings. The summed E-state index contributed by atoms with van der Waals surface area (Å²) >= 11 is 0. The molecule has 0 saturated carbocycles. The lowest BCUT2D eigenvalue weighted by Crippen LogP contribution is -2.30. The van der Waals surface area contributed by atoms with E-state index >= 15 is 0 Å². The van der Waals surface area contributed by atoms with Crippen molar-refractivity contribution >= 4 is 11.4 Å². The van der Waals surface area contributed by atoms with E-state index in [2.05, 4.69) is 4.90 Å². The van der Waals surface area contributed by atoms with Crippen molar-refractivity contribution in [3.8, 4) is 5.75 Å². The molecule has 0 aliphatic carbocycles. The molecule has 0 radical (unpaired) electrons. The summed E-state index contributed by atoms with van der Waals surface area (Å²) in [5, 5.41) is 8.93. The predicted octanol–water partition coefficient (Wildman–Crippen LogP) is 2.16. The molecule has 3 N–H and O–H groups in total. The SMILES string of the molecule is COc1cc(N2CCCC2CCCO)c(F)cc1N. The van der Waals surface area contributed by atoms with Crippen LogP contribution in [0.2, 0.25) is 0 Å². The molecule has 4 nitrogen and oxygen atoms in total. The predicted molar refractivity (Wildman–Crippen MR) is 74.1 cm³/mol. The summed E-state index contributed by atoms with van der Waals surface area (Å²) in [4.78, 5) is 2.06. The lowest BCUT2D eigenvalue weighted by molar-refractivity contribution is 0.279. The molecular formula is C14H21FN2O2. The molecule has 1 aliphatic rings. The Bertz CT molecular complexity index is 440. The van der Waals surface area contributed by atoms with Crippen LogP contribution in [0.15, 0.2) is 12.1 Å². The Morgan fingerprint density at radius 3 is 3.00 bits per heavy atom. The molecule has 1 heterocycles. The van der Waals surface area contributed by atoms with Gasteiger partial charge in [0.05, 0.1) is 18.5 Å². The fraction of sp³-hybridized carbons (Fsp3) is 0.571. The molecule has 0 amide bonds. The molecular weight excluding hydrogens is 247 g/mol. The monoisotopic (exact) mass is 268 g/mol. The van der Waals surface area contributed by atoms with Crippen molar-refractivity contribution in [1.82, 2.24) is 0 Å². The number of aliphatic hydroxyl groups excluding tert-OH is 1. The fourth-order valence-corrected chi connectivity index (χ4v) is 2.73. The minimum atomic E-state index is -0.311. The number of nitrogens with zero attached hydrogens (tertiary/aromatic N) is 1. The van der Waals surface area contributed by atoms with Crippen molar-refractivity contribution in [2.75, 3.05) is 30.9 Å². The van der Waals surface area contributed by atoms with Gasteiger partial charge in [-0.2, -0.15) is 0 Å². The molecule has 0 spiro atoms. The van der Waals surface area contributed by atoms with Crippen LogP contribution in [0.5, 0.6) is 5.75 Å². The van der Waals surface area contributed by atoms with Gasteiger partial charge < -0.3 is 20.5 Å². The van der Waals surface area contributed by atoms with Gasteiger partial charge in [0.15, 0.2) is 0 Å². The van der Waals surface area contributed by atoms with Crippen molar-refractivity contribution in [2.45, 2.75) is 31.7 Å². The first kappa shape index (κ1) is 13.9. The van der Waals surface area contributed by atoms with Crippen molar-refractivity contribution < 1.29 is 14.2 Å². The standard InChI is InChI=1S/C14H21FN2O2/c1-19-14-9-13(11(15)8-12(14)16)17-6-2-4-10(17)5-3-7-18/h8-10,18H,2-7,16H2,1H3. The lowest BCUT2D eigenvalue weighted by Gasteiger charge is -2.27. The van der Waals surface area contributed by atoms with Gasteiger partial charge in [-0.1, -0.05) is 0 Å². The second-order valence-electron chi connectivity index (χ2n) is 4.90. The van der Waals surface area contributed by atoms with Crippen LogP contribution in [-0.4, -0.2) is 31.4 Å². The highest BCUT2D eigenvalue weighted by Gasteiger charge is 2.27. The number of nitrogens with two attached hydrogens (primary N) is 1. The van der Waals surface area contributed by atoms with Crippen LogP contribution in [0.3, 0.4) is 0 Å². The fourth-order valence-electron chi connectivity index (χ4n) is 2.73. The maximum absolute atomic E-state index is 14.1. The number of aliphatic hydroxyl groups is 1. The zero-order valence-corrected chi connectivity index (χ0v) is 11.2. The molecule has 1 aliphatic heterocycles. The minimum Gasteiger partial charge on any atom is -0.495 e. The van der Waals surface area contributed by atoms with Gasteiger partial charge in [-0.15, -0.1) is 0 Å². The Hall–Kier alpha value is -1.49. The number of hydrogen-bond donors (Lipinski definition) is 2. The second kappa shape index (κ2) is 6.10. The average Bonchev–Trinajstić information content (AvgIpc) is 2.84. The summed E-state index contributed by atoms with van der Waals surface area (Å²) in [6, 6.07) is 3.27. The Morgan fingerprint density at radius 2 is 2.32 bits per heavy atom. The average molecular weight is 268 g/mol. The Morgan fingerprint density at radius 1 is 1.53 bits per heavy atom. The number of nitrogen functional groups attached to an aromatic ring is 1. The van der Waals surface area contributed by atoms with E-state index in [0.29, 0.717) is 17.1 Å². The minimum absolute atomic E-state index is 0.178. The number of benzene rings is 1. The first-order chi connectivity index (χ1) is 9.17. The van der Waals surface area contributed by atoms with Gasteiger partial charge in [-0.25, -0.2) is 4.39 Å². The topological polar surface area (TPSA) is 58.7 Å². The summed E-state index contributed by atoms with van der Waals surface area (Å²) in [6.07, 6.45) is 3.70. The van der Waals surface area contributed by atoms with E-state index in [-0.39, 0.29) is 18.5 Å². The molecule has 1 unspecified atom stereocenters. The van der Waals surface area contributed by atoms with Gasteiger partial charge in [-0.05, 0) is 25.7 Å². The molecule has 5 heteroatoms. The Balaban J connectivity index is 2.24. The largest absolute Gasteiger partial charge is 0.495 e. The number of methoxy groups -OCH3 is 1. The van der Waals surface area contributed by atoms with Crippen LogP contribution in [0.1, 0.15) is 25.7 Å². The first-order valence-corrected chi connectivity index (χ1v) is 6.68. The van der Waals surface area contributed by atoms with E-state index < -0.39 is 0 Å². The van der Waals surface area contributed by atoms with Gasteiger partial charge in [0.25, 0.3) is 0 Å². The van der Waals surface area contributed by atoms with Crippen LogP contribution >= 0.6 is 0 Å². The molecule has 1 aromatic carbocycles. The Labute approximate surface area is 113 Å². The highest BCUT2D eigenvalue weighted by Crippen LogP contribution is 2.35. The third-order valence-corrected chi connectivity index (χ3v) is 3.68.